The van der Waals surface area contributed by atoms with Crippen molar-refractivity contribution in [2.75, 3.05) is 7.11 Å². The average Bonchev–Trinajstić information content (AvgIpc) is 2.45. The molecule has 106 valence electrons. The zero-order chi connectivity index (χ0) is 14.5. The molecule has 0 unspecified atom stereocenters. The molecule has 20 heavy (non-hydrogen) atoms. The van der Waals surface area contributed by atoms with Gasteiger partial charge in [0.1, 0.15) is 11.6 Å². The second-order valence-corrected chi connectivity index (χ2v) is 4.97. The highest BCUT2D eigenvalue weighted by molar-refractivity contribution is 5.37. The molecule has 1 N–H and O–H groups in total. The van der Waals surface area contributed by atoms with Crippen LogP contribution in [0.3, 0.4) is 0 Å². The third-order valence-corrected chi connectivity index (χ3v) is 3.38. The minimum atomic E-state index is -0.204. The van der Waals surface area contributed by atoms with Gasteiger partial charge in [0.05, 0.1) is 7.11 Å². The van der Waals surface area contributed by atoms with E-state index in [1.807, 2.05) is 25.1 Å². The van der Waals surface area contributed by atoms with Crippen LogP contribution in [0.25, 0.3) is 0 Å². The van der Waals surface area contributed by atoms with E-state index in [0.29, 0.717) is 6.54 Å². The fourth-order valence-electron chi connectivity index (χ4n) is 2.20. The largest absolute Gasteiger partial charge is 0.496 e. The Kier molecular flexibility index (Phi) is 4.74. The van der Waals surface area contributed by atoms with Gasteiger partial charge in [0.25, 0.3) is 0 Å². The molecule has 0 spiro atoms. The Bertz CT molecular complexity index is 583. The Labute approximate surface area is 119 Å². The zero-order valence-electron chi connectivity index (χ0n) is 12.1. The van der Waals surface area contributed by atoms with Crippen LogP contribution >= 0.6 is 0 Å². The molecule has 0 saturated carbocycles. The van der Waals surface area contributed by atoms with Crippen molar-refractivity contribution >= 4 is 0 Å². The van der Waals surface area contributed by atoms with E-state index in [1.54, 1.807) is 19.2 Å². The highest BCUT2D eigenvalue weighted by Gasteiger charge is 2.08. The first-order chi connectivity index (χ1) is 9.60. The smallest absolute Gasteiger partial charge is 0.123 e. The minimum Gasteiger partial charge on any atom is -0.496 e. The van der Waals surface area contributed by atoms with Gasteiger partial charge in [0.2, 0.25) is 0 Å². The number of nitrogens with one attached hydrogen (secondary N) is 1. The van der Waals surface area contributed by atoms with E-state index in [9.17, 15) is 4.39 Å². The van der Waals surface area contributed by atoms with E-state index in [1.165, 1.54) is 11.6 Å². The van der Waals surface area contributed by atoms with Gasteiger partial charge in [-0.2, -0.15) is 0 Å². The first-order valence-corrected chi connectivity index (χ1v) is 6.72. The number of benzene rings is 2. The monoisotopic (exact) mass is 273 g/mol. The predicted molar refractivity (Wildman–Crippen MR) is 79.4 cm³/mol. The lowest BCUT2D eigenvalue weighted by Crippen LogP contribution is -2.18. The number of rotatable bonds is 5. The Morgan fingerprint density at radius 2 is 2.00 bits per heavy atom. The maximum absolute atomic E-state index is 13.2. The topological polar surface area (TPSA) is 21.3 Å². The first kappa shape index (κ1) is 14.5. The highest BCUT2D eigenvalue weighted by atomic mass is 19.1. The SMILES string of the molecule is COc1ccc(C)cc1CN[C@@H](C)c1cccc(F)c1. The van der Waals surface area contributed by atoms with E-state index >= 15 is 0 Å². The van der Waals surface area contributed by atoms with Gasteiger partial charge in [-0.05, 0) is 37.6 Å². The summed E-state index contributed by atoms with van der Waals surface area (Å²) in [4.78, 5) is 0. The van der Waals surface area contributed by atoms with Crippen LogP contribution in [-0.2, 0) is 6.54 Å². The van der Waals surface area contributed by atoms with Crippen LogP contribution in [-0.4, -0.2) is 7.11 Å². The number of hydrogen-bond acceptors (Lipinski definition) is 2. The van der Waals surface area contributed by atoms with Gasteiger partial charge in [-0.15, -0.1) is 0 Å². The molecule has 0 amide bonds. The second-order valence-electron chi connectivity index (χ2n) is 4.97. The molecule has 0 radical (unpaired) electrons. The van der Waals surface area contributed by atoms with Crippen molar-refractivity contribution in [1.82, 2.24) is 5.32 Å². The van der Waals surface area contributed by atoms with Gasteiger partial charge in [0.15, 0.2) is 0 Å². The van der Waals surface area contributed by atoms with Gasteiger partial charge >= 0.3 is 0 Å². The third-order valence-electron chi connectivity index (χ3n) is 3.38. The summed E-state index contributed by atoms with van der Waals surface area (Å²) in [7, 11) is 1.67. The molecule has 1 atom stereocenters. The second kappa shape index (κ2) is 6.53. The summed E-state index contributed by atoms with van der Waals surface area (Å²) in [5.41, 5.74) is 3.24. The van der Waals surface area contributed by atoms with Crippen LogP contribution in [0.4, 0.5) is 4.39 Å². The molecule has 0 aromatic heterocycles. The van der Waals surface area contributed by atoms with E-state index in [-0.39, 0.29) is 11.9 Å². The third kappa shape index (κ3) is 3.58. The van der Waals surface area contributed by atoms with Crippen LogP contribution in [0.1, 0.15) is 29.7 Å². The molecule has 0 bridgehead atoms. The molecule has 0 saturated heterocycles. The van der Waals surface area contributed by atoms with Crippen molar-refractivity contribution in [2.45, 2.75) is 26.4 Å². The molecular formula is C17H20FNO. The summed E-state index contributed by atoms with van der Waals surface area (Å²) in [6.07, 6.45) is 0. The van der Waals surface area contributed by atoms with Gasteiger partial charge in [-0.1, -0.05) is 29.8 Å². The predicted octanol–water partition coefficient (Wildman–Crippen LogP) is 3.99. The molecule has 2 aromatic carbocycles. The Morgan fingerprint density at radius 1 is 1.20 bits per heavy atom. The summed E-state index contributed by atoms with van der Waals surface area (Å²) < 4.78 is 18.6. The van der Waals surface area contributed by atoms with E-state index in [0.717, 1.165) is 16.9 Å². The lowest BCUT2D eigenvalue weighted by Gasteiger charge is -2.16. The molecule has 0 aliphatic carbocycles. The average molecular weight is 273 g/mol. The van der Waals surface area contributed by atoms with Gasteiger partial charge in [-0.25, -0.2) is 4.39 Å². The van der Waals surface area contributed by atoms with Crippen LogP contribution in [0, 0.1) is 12.7 Å². The quantitative estimate of drug-likeness (QED) is 0.889. The fraction of sp³-hybridized carbons (Fsp3) is 0.294. The highest BCUT2D eigenvalue weighted by Crippen LogP contribution is 2.21. The Morgan fingerprint density at radius 3 is 2.70 bits per heavy atom. The number of halogens is 1. The number of aryl methyl sites for hydroxylation is 1. The van der Waals surface area contributed by atoms with E-state index in [4.69, 9.17) is 4.74 Å². The van der Waals surface area contributed by atoms with Gasteiger partial charge in [-0.3, -0.25) is 0 Å². The lowest BCUT2D eigenvalue weighted by atomic mass is 10.1. The van der Waals surface area contributed by atoms with Crippen molar-refractivity contribution in [3.8, 4) is 5.75 Å². The maximum atomic E-state index is 13.2. The van der Waals surface area contributed by atoms with E-state index < -0.39 is 0 Å². The van der Waals surface area contributed by atoms with Crippen molar-refractivity contribution in [2.24, 2.45) is 0 Å². The zero-order valence-corrected chi connectivity index (χ0v) is 12.1. The Hall–Kier alpha value is -1.87. The Balaban J connectivity index is 2.06. The summed E-state index contributed by atoms with van der Waals surface area (Å²) >= 11 is 0. The molecule has 0 fully saturated rings. The van der Waals surface area contributed by atoms with Gasteiger partial charge < -0.3 is 10.1 Å². The summed E-state index contributed by atoms with van der Waals surface area (Å²) in [5, 5.41) is 3.40. The van der Waals surface area contributed by atoms with Crippen molar-refractivity contribution in [3.05, 3.63) is 65.0 Å². The standard InChI is InChI=1S/C17H20FNO/c1-12-7-8-17(20-3)15(9-12)11-19-13(2)14-5-4-6-16(18)10-14/h4-10,13,19H,11H2,1-3H3/t13-/m0/s1. The molecular weight excluding hydrogens is 253 g/mol. The lowest BCUT2D eigenvalue weighted by molar-refractivity contribution is 0.406. The molecule has 3 heteroatoms. The number of methoxy groups -OCH3 is 1. The van der Waals surface area contributed by atoms with Crippen LogP contribution in [0.15, 0.2) is 42.5 Å². The summed E-state index contributed by atoms with van der Waals surface area (Å²) in [5.74, 6) is 0.666. The maximum Gasteiger partial charge on any atom is 0.123 e. The van der Waals surface area contributed by atoms with Crippen molar-refractivity contribution in [3.63, 3.8) is 0 Å². The molecule has 0 heterocycles. The number of ether oxygens (including phenoxy) is 1. The molecule has 0 aliphatic rings. The van der Waals surface area contributed by atoms with E-state index in [2.05, 4.69) is 18.3 Å². The fourth-order valence-corrected chi connectivity index (χ4v) is 2.20. The van der Waals surface area contributed by atoms with Crippen molar-refractivity contribution < 1.29 is 9.13 Å². The van der Waals surface area contributed by atoms with Gasteiger partial charge in [0, 0.05) is 18.2 Å². The summed E-state index contributed by atoms with van der Waals surface area (Å²) in [6, 6.07) is 12.9. The molecule has 2 rings (SSSR count). The van der Waals surface area contributed by atoms with Crippen LogP contribution in [0.5, 0.6) is 5.75 Å². The number of hydrogen-bond donors (Lipinski definition) is 1. The molecule has 2 aromatic rings. The van der Waals surface area contributed by atoms with Crippen LogP contribution < -0.4 is 10.1 Å². The minimum absolute atomic E-state index is 0.0796. The molecule has 0 aliphatic heterocycles. The molecule has 2 nitrogen and oxygen atoms in total. The van der Waals surface area contributed by atoms with Crippen LogP contribution in [0.2, 0.25) is 0 Å². The first-order valence-electron chi connectivity index (χ1n) is 6.72. The van der Waals surface area contributed by atoms with Crippen molar-refractivity contribution in [1.29, 1.82) is 0 Å². The summed E-state index contributed by atoms with van der Waals surface area (Å²) in [6.45, 7) is 4.76. The normalized spacial score (nSPS) is 12.2.